The molecule has 1 N–H and O–H groups in total. The molecule has 0 aliphatic carbocycles. The van der Waals surface area contributed by atoms with Crippen LogP contribution in [0.1, 0.15) is 0 Å². The number of pyridine rings is 3. The molecule has 0 atom stereocenters. The first-order valence-corrected chi connectivity index (χ1v) is 6.99. The molecule has 0 aliphatic heterocycles. The Morgan fingerprint density at radius 3 is 2.83 bits per heavy atom. The van der Waals surface area contributed by atoms with Gasteiger partial charge in [-0.1, -0.05) is 0 Å². The number of aromatic nitrogens is 5. The van der Waals surface area contributed by atoms with Crippen LogP contribution in [0.3, 0.4) is 0 Å². The standard InChI is InChI=1S/C16H10FN5O2/c17-15-11(10-2-6-22-14(7-10)19-9-20-22)1-4-18-16(15)21-5-3-12(23)13(24)8-21/h1-9,24H. The van der Waals surface area contributed by atoms with E-state index in [1.54, 1.807) is 28.9 Å². The molecule has 4 heterocycles. The fraction of sp³-hybridized carbons (Fsp3) is 0. The van der Waals surface area contributed by atoms with E-state index >= 15 is 0 Å². The highest BCUT2D eigenvalue weighted by Gasteiger charge is 2.14. The van der Waals surface area contributed by atoms with Gasteiger partial charge in [0.15, 0.2) is 23.0 Å². The summed E-state index contributed by atoms with van der Waals surface area (Å²) in [5.41, 5.74) is 0.983. The highest BCUT2D eigenvalue weighted by molar-refractivity contribution is 5.69. The maximum absolute atomic E-state index is 14.9. The number of hydrogen-bond acceptors (Lipinski definition) is 5. The molecule has 0 fully saturated rings. The molecule has 0 saturated carbocycles. The van der Waals surface area contributed by atoms with Gasteiger partial charge in [-0.15, -0.1) is 0 Å². The minimum Gasteiger partial charge on any atom is -0.503 e. The van der Waals surface area contributed by atoms with Gasteiger partial charge in [0.1, 0.15) is 6.33 Å². The first kappa shape index (κ1) is 14.1. The summed E-state index contributed by atoms with van der Waals surface area (Å²) in [4.78, 5) is 19.4. The summed E-state index contributed by atoms with van der Waals surface area (Å²) in [5, 5.41) is 13.5. The van der Waals surface area contributed by atoms with Crippen LogP contribution in [0.25, 0.3) is 22.6 Å². The van der Waals surface area contributed by atoms with Gasteiger partial charge in [-0.05, 0) is 23.8 Å². The van der Waals surface area contributed by atoms with Crippen LogP contribution in [0.4, 0.5) is 4.39 Å². The second-order valence-electron chi connectivity index (χ2n) is 5.08. The number of rotatable bonds is 2. The number of fused-ring (bicyclic) bond motifs is 1. The second-order valence-corrected chi connectivity index (χ2v) is 5.08. The van der Waals surface area contributed by atoms with Crippen molar-refractivity contribution in [3.63, 3.8) is 0 Å². The molecule has 4 aromatic heterocycles. The van der Waals surface area contributed by atoms with Crippen molar-refractivity contribution >= 4 is 5.65 Å². The molecule has 24 heavy (non-hydrogen) atoms. The Morgan fingerprint density at radius 1 is 1.12 bits per heavy atom. The Labute approximate surface area is 134 Å². The minimum atomic E-state index is -0.579. The van der Waals surface area contributed by atoms with Gasteiger partial charge in [-0.2, -0.15) is 5.10 Å². The Balaban J connectivity index is 1.88. The summed E-state index contributed by atoms with van der Waals surface area (Å²) in [5.74, 6) is -1.08. The van der Waals surface area contributed by atoms with Crippen LogP contribution < -0.4 is 5.43 Å². The molecule has 0 spiro atoms. The summed E-state index contributed by atoms with van der Waals surface area (Å²) >= 11 is 0. The predicted molar refractivity (Wildman–Crippen MR) is 83.4 cm³/mol. The highest BCUT2D eigenvalue weighted by atomic mass is 19.1. The van der Waals surface area contributed by atoms with Crippen molar-refractivity contribution in [3.05, 3.63) is 71.4 Å². The Kier molecular flexibility index (Phi) is 3.09. The monoisotopic (exact) mass is 323 g/mol. The molecule has 0 amide bonds. The lowest BCUT2D eigenvalue weighted by Crippen LogP contribution is -2.07. The molecule has 4 aromatic rings. The largest absolute Gasteiger partial charge is 0.503 e. The molecule has 0 saturated heterocycles. The zero-order chi connectivity index (χ0) is 16.7. The van der Waals surface area contributed by atoms with Gasteiger partial charge in [-0.3, -0.25) is 4.79 Å². The van der Waals surface area contributed by atoms with Gasteiger partial charge in [0.25, 0.3) is 0 Å². The summed E-state index contributed by atoms with van der Waals surface area (Å²) in [6.07, 6.45) is 7.02. The van der Waals surface area contributed by atoms with E-state index in [0.717, 1.165) is 12.3 Å². The van der Waals surface area contributed by atoms with Gasteiger partial charge in [-0.25, -0.2) is 18.9 Å². The van der Waals surface area contributed by atoms with Gasteiger partial charge in [0.2, 0.25) is 5.43 Å². The summed E-state index contributed by atoms with van der Waals surface area (Å²) in [6, 6.07) is 6.11. The lowest BCUT2D eigenvalue weighted by molar-refractivity contribution is 0.464. The second kappa shape index (κ2) is 5.27. The molecule has 0 aromatic carbocycles. The maximum atomic E-state index is 14.9. The van der Waals surface area contributed by atoms with Crippen LogP contribution in [0, 0.1) is 5.82 Å². The van der Waals surface area contributed by atoms with Crippen LogP contribution in [-0.2, 0) is 0 Å². The van der Waals surface area contributed by atoms with E-state index in [0.29, 0.717) is 16.8 Å². The van der Waals surface area contributed by atoms with Crippen molar-refractivity contribution < 1.29 is 9.50 Å². The van der Waals surface area contributed by atoms with Crippen molar-refractivity contribution in [1.82, 2.24) is 24.1 Å². The first-order chi connectivity index (χ1) is 11.6. The van der Waals surface area contributed by atoms with E-state index < -0.39 is 17.0 Å². The van der Waals surface area contributed by atoms with Gasteiger partial charge in [0, 0.05) is 30.2 Å². The normalized spacial score (nSPS) is 11.0. The Bertz CT molecular complexity index is 1120. The van der Waals surface area contributed by atoms with E-state index in [4.69, 9.17) is 0 Å². The van der Waals surface area contributed by atoms with Crippen LogP contribution in [0.5, 0.6) is 5.75 Å². The van der Waals surface area contributed by atoms with Crippen molar-refractivity contribution in [1.29, 1.82) is 0 Å². The zero-order valence-corrected chi connectivity index (χ0v) is 12.2. The molecule has 0 aliphatic rings. The van der Waals surface area contributed by atoms with Crippen molar-refractivity contribution in [2.45, 2.75) is 0 Å². The van der Waals surface area contributed by atoms with Crippen LogP contribution in [0.2, 0.25) is 0 Å². The third-order valence-electron chi connectivity index (χ3n) is 3.61. The van der Waals surface area contributed by atoms with Crippen LogP contribution in [0.15, 0.2) is 60.2 Å². The first-order valence-electron chi connectivity index (χ1n) is 6.99. The van der Waals surface area contributed by atoms with E-state index in [-0.39, 0.29) is 5.82 Å². The molecule has 0 radical (unpaired) electrons. The van der Waals surface area contributed by atoms with Crippen molar-refractivity contribution in [2.75, 3.05) is 0 Å². The number of nitrogens with zero attached hydrogens (tertiary/aromatic N) is 5. The molecule has 0 unspecified atom stereocenters. The van der Waals surface area contributed by atoms with Crippen LogP contribution >= 0.6 is 0 Å². The molecule has 7 nitrogen and oxygen atoms in total. The quantitative estimate of drug-likeness (QED) is 0.608. The van der Waals surface area contributed by atoms with E-state index in [2.05, 4.69) is 15.1 Å². The Morgan fingerprint density at radius 2 is 2.00 bits per heavy atom. The molecular formula is C16H10FN5O2. The zero-order valence-electron chi connectivity index (χ0n) is 12.2. The predicted octanol–water partition coefficient (Wildman–Crippen LogP) is 1.79. The van der Waals surface area contributed by atoms with Crippen molar-refractivity contribution in [3.8, 4) is 22.7 Å². The topological polar surface area (TPSA) is 85.3 Å². The fourth-order valence-electron chi connectivity index (χ4n) is 2.42. The number of halogens is 1. The Hall–Kier alpha value is -3.55. The molecule has 4 rings (SSSR count). The summed E-state index contributed by atoms with van der Waals surface area (Å²) in [6.45, 7) is 0. The maximum Gasteiger partial charge on any atom is 0.223 e. The van der Waals surface area contributed by atoms with Crippen LogP contribution in [-0.4, -0.2) is 29.3 Å². The smallest absolute Gasteiger partial charge is 0.223 e. The molecule has 118 valence electrons. The third-order valence-corrected chi connectivity index (χ3v) is 3.61. The van der Waals surface area contributed by atoms with Crippen molar-refractivity contribution in [2.24, 2.45) is 0 Å². The lowest BCUT2D eigenvalue weighted by atomic mass is 10.1. The van der Waals surface area contributed by atoms with Gasteiger partial charge >= 0.3 is 0 Å². The number of aromatic hydroxyl groups is 1. The van der Waals surface area contributed by atoms with E-state index in [1.807, 2.05) is 0 Å². The van der Waals surface area contributed by atoms with Gasteiger partial charge < -0.3 is 9.67 Å². The average molecular weight is 323 g/mol. The lowest BCUT2D eigenvalue weighted by Gasteiger charge is -2.10. The fourth-order valence-corrected chi connectivity index (χ4v) is 2.42. The third kappa shape index (κ3) is 2.21. The average Bonchev–Trinajstić information content (AvgIpc) is 3.05. The molecule has 0 bridgehead atoms. The summed E-state index contributed by atoms with van der Waals surface area (Å²) < 4.78 is 17.7. The molecule has 8 heteroatoms. The minimum absolute atomic E-state index is 0.0239. The highest BCUT2D eigenvalue weighted by Crippen LogP contribution is 2.26. The molecular weight excluding hydrogens is 313 g/mol. The number of hydrogen-bond donors (Lipinski definition) is 1. The van der Waals surface area contributed by atoms with E-state index in [9.17, 15) is 14.3 Å². The van der Waals surface area contributed by atoms with E-state index in [1.165, 1.54) is 23.3 Å². The summed E-state index contributed by atoms with van der Waals surface area (Å²) in [7, 11) is 0. The SMILES string of the molecule is O=c1ccn(-c2nccc(-c3ccn4ncnc4c3)c2F)cc1O. The van der Waals surface area contributed by atoms with Gasteiger partial charge in [0.05, 0.1) is 6.20 Å².